The first-order chi connectivity index (χ1) is 9.79. The fourth-order valence-corrected chi connectivity index (χ4v) is 2.05. The van der Waals surface area contributed by atoms with E-state index in [1.54, 1.807) is 22.6 Å². The van der Waals surface area contributed by atoms with E-state index >= 15 is 0 Å². The number of alkyl halides is 3. The third-order valence-electron chi connectivity index (χ3n) is 2.48. The Morgan fingerprint density at radius 1 is 1.19 bits per heavy atom. The van der Waals surface area contributed by atoms with E-state index in [1.807, 2.05) is 0 Å². The maximum Gasteiger partial charge on any atom is 0.454 e. The normalized spacial score (nSPS) is 11.2. The van der Waals surface area contributed by atoms with Gasteiger partial charge in [-0.1, -0.05) is 0 Å². The van der Waals surface area contributed by atoms with Crippen LogP contribution < -0.4 is 5.32 Å². The van der Waals surface area contributed by atoms with E-state index in [0.29, 0.717) is 3.57 Å². The monoisotopic (exact) mass is 409 g/mol. The van der Waals surface area contributed by atoms with E-state index in [-0.39, 0.29) is 11.4 Å². The molecule has 2 rings (SSSR count). The van der Waals surface area contributed by atoms with Crippen molar-refractivity contribution in [2.75, 3.05) is 5.32 Å². The fraction of sp³-hybridized carbons (Fsp3) is 0.0769. The minimum absolute atomic E-state index is 0.0704. The van der Waals surface area contributed by atoms with Crippen molar-refractivity contribution in [2.24, 2.45) is 0 Å². The summed E-state index contributed by atoms with van der Waals surface area (Å²) in [6, 6.07) is 6.60. The number of benzene rings is 1. The van der Waals surface area contributed by atoms with Crippen LogP contribution in [-0.4, -0.2) is 17.9 Å². The van der Waals surface area contributed by atoms with E-state index in [4.69, 9.17) is 4.42 Å². The molecule has 0 aliphatic carbocycles. The molecule has 0 fully saturated rings. The number of nitrogens with one attached hydrogen (secondary N) is 1. The Morgan fingerprint density at radius 3 is 2.48 bits per heavy atom. The van der Waals surface area contributed by atoms with E-state index in [2.05, 4.69) is 5.32 Å². The van der Waals surface area contributed by atoms with Gasteiger partial charge >= 0.3 is 6.18 Å². The average molecular weight is 409 g/mol. The van der Waals surface area contributed by atoms with Gasteiger partial charge < -0.3 is 9.73 Å². The SMILES string of the molecule is O=C(Nc1ccc(I)cc1C(=O)C(F)(F)F)c1ccco1. The summed E-state index contributed by atoms with van der Waals surface area (Å²) in [6.07, 6.45) is -3.76. The number of halogens is 4. The van der Waals surface area contributed by atoms with Crippen molar-refractivity contribution in [3.05, 3.63) is 51.5 Å². The Morgan fingerprint density at radius 2 is 1.90 bits per heavy atom. The van der Waals surface area contributed by atoms with Gasteiger partial charge in [-0.2, -0.15) is 13.2 Å². The Hall–Kier alpha value is -1.84. The molecule has 1 N–H and O–H groups in total. The molecular formula is C13H7F3INO3. The Kier molecular flexibility index (Phi) is 4.35. The zero-order valence-corrected chi connectivity index (χ0v) is 12.4. The van der Waals surface area contributed by atoms with Gasteiger partial charge in [-0.05, 0) is 52.9 Å². The predicted octanol–water partition coefficient (Wildman–Crippen LogP) is 3.88. The minimum atomic E-state index is -5.02. The molecule has 0 saturated heterocycles. The number of rotatable bonds is 3. The molecule has 110 valence electrons. The maximum absolute atomic E-state index is 12.6. The van der Waals surface area contributed by atoms with Gasteiger partial charge in [0.05, 0.1) is 17.5 Å². The van der Waals surface area contributed by atoms with E-state index < -0.39 is 23.4 Å². The Balaban J connectivity index is 2.36. The van der Waals surface area contributed by atoms with Gasteiger partial charge in [-0.3, -0.25) is 9.59 Å². The molecule has 0 spiro atoms. The number of furan rings is 1. The molecule has 0 saturated carbocycles. The van der Waals surface area contributed by atoms with Gasteiger partial charge in [-0.25, -0.2) is 0 Å². The number of ketones is 1. The van der Waals surface area contributed by atoms with Gasteiger partial charge in [0.15, 0.2) is 5.76 Å². The van der Waals surface area contributed by atoms with Gasteiger partial charge in [0.1, 0.15) is 0 Å². The molecule has 1 amide bonds. The highest BCUT2D eigenvalue weighted by Crippen LogP contribution is 2.28. The van der Waals surface area contributed by atoms with Gasteiger partial charge in [0, 0.05) is 3.57 Å². The molecular weight excluding hydrogens is 402 g/mol. The Labute approximate surface area is 130 Å². The molecule has 0 atom stereocenters. The van der Waals surface area contributed by atoms with Crippen molar-refractivity contribution in [1.82, 2.24) is 0 Å². The second-order valence-corrected chi connectivity index (χ2v) is 5.19. The van der Waals surface area contributed by atoms with Crippen LogP contribution in [0, 0.1) is 3.57 Å². The fourth-order valence-electron chi connectivity index (χ4n) is 1.56. The summed E-state index contributed by atoms with van der Waals surface area (Å²) in [7, 11) is 0. The van der Waals surface area contributed by atoms with Crippen LogP contribution in [0.4, 0.5) is 18.9 Å². The van der Waals surface area contributed by atoms with Crippen LogP contribution >= 0.6 is 22.6 Å². The molecule has 1 aromatic carbocycles. The lowest BCUT2D eigenvalue weighted by molar-refractivity contribution is -0.0884. The molecule has 4 nitrogen and oxygen atoms in total. The number of hydrogen-bond donors (Lipinski definition) is 1. The van der Waals surface area contributed by atoms with Gasteiger partial charge in [0.25, 0.3) is 11.7 Å². The number of Topliss-reactive ketones (excluding diaryl/α,β-unsaturated/α-hetero) is 1. The molecule has 0 bridgehead atoms. The topological polar surface area (TPSA) is 59.3 Å². The first-order valence-electron chi connectivity index (χ1n) is 5.55. The van der Waals surface area contributed by atoms with Crippen molar-refractivity contribution in [1.29, 1.82) is 0 Å². The van der Waals surface area contributed by atoms with Crippen LogP contribution in [0.3, 0.4) is 0 Å². The highest BCUT2D eigenvalue weighted by molar-refractivity contribution is 14.1. The zero-order chi connectivity index (χ0) is 15.6. The number of anilines is 1. The second kappa shape index (κ2) is 5.88. The van der Waals surface area contributed by atoms with Crippen molar-refractivity contribution >= 4 is 40.0 Å². The smallest absolute Gasteiger partial charge is 0.454 e. The third kappa shape index (κ3) is 3.63. The maximum atomic E-state index is 12.6. The second-order valence-electron chi connectivity index (χ2n) is 3.95. The highest BCUT2D eigenvalue weighted by Gasteiger charge is 2.40. The molecule has 0 aliphatic rings. The largest absolute Gasteiger partial charge is 0.459 e. The van der Waals surface area contributed by atoms with Crippen LogP contribution in [0.1, 0.15) is 20.9 Å². The summed E-state index contributed by atoms with van der Waals surface area (Å²) >= 11 is 1.78. The summed E-state index contributed by atoms with van der Waals surface area (Å²) in [4.78, 5) is 23.2. The number of hydrogen-bond acceptors (Lipinski definition) is 3. The molecule has 8 heteroatoms. The first-order valence-corrected chi connectivity index (χ1v) is 6.63. The summed E-state index contributed by atoms with van der Waals surface area (Å²) < 4.78 is 43.0. The lowest BCUT2D eigenvalue weighted by Crippen LogP contribution is -2.25. The number of carbonyl (C=O) groups excluding carboxylic acids is 2. The average Bonchev–Trinajstić information content (AvgIpc) is 2.93. The van der Waals surface area contributed by atoms with Crippen molar-refractivity contribution in [3.8, 4) is 0 Å². The molecule has 1 aromatic heterocycles. The van der Waals surface area contributed by atoms with E-state index in [1.165, 1.54) is 30.5 Å². The van der Waals surface area contributed by atoms with Crippen molar-refractivity contribution in [2.45, 2.75) is 6.18 Å². The van der Waals surface area contributed by atoms with Crippen LogP contribution in [0.15, 0.2) is 41.0 Å². The van der Waals surface area contributed by atoms with E-state index in [0.717, 1.165) is 6.07 Å². The molecule has 0 unspecified atom stereocenters. The highest BCUT2D eigenvalue weighted by atomic mass is 127. The van der Waals surface area contributed by atoms with Crippen LogP contribution in [0.5, 0.6) is 0 Å². The predicted molar refractivity (Wildman–Crippen MR) is 76.2 cm³/mol. The van der Waals surface area contributed by atoms with Crippen molar-refractivity contribution < 1.29 is 27.2 Å². The number of carbonyl (C=O) groups is 2. The first kappa shape index (κ1) is 15.5. The number of amides is 1. The molecule has 1 heterocycles. The van der Waals surface area contributed by atoms with E-state index in [9.17, 15) is 22.8 Å². The lowest BCUT2D eigenvalue weighted by atomic mass is 10.1. The van der Waals surface area contributed by atoms with Gasteiger partial charge in [0.2, 0.25) is 0 Å². The minimum Gasteiger partial charge on any atom is -0.459 e. The zero-order valence-electron chi connectivity index (χ0n) is 10.2. The molecule has 0 radical (unpaired) electrons. The van der Waals surface area contributed by atoms with Crippen LogP contribution in [0.25, 0.3) is 0 Å². The molecule has 2 aromatic rings. The summed E-state index contributed by atoms with van der Waals surface area (Å²) in [5.74, 6) is -2.83. The molecule has 21 heavy (non-hydrogen) atoms. The van der Waals surface area contributed by atoms with Crippen LogP contribution in [0.2, 0.25) is 0 Å². The Bertz CT molecular complexity index is 680. The summed E-state index contributed by atoms with van der Waals surface area (Å²) in [5, 5.41) is 2.24. The van der Waals surface area contributed by atoms with Crippen molar-refractivity contribution in [3.63, 3.8) is 0 Å². The summed E-state index contributed by atoms with van der Waals surface area (Å²) in [5.41, 5.74) is -0.839. The quantitative estimate of drug-likeness (QED) is 0.619. The molecule has 0 aliphatic heterocycles. The third-order valence-corrected chi connectivity index (χ3v) is 3.15. The van der Waals surface area contributed by atoms with Gasteiger partial charge in [-0.15, -0.1) is 0 Å². The van der Waals surface area contributed by atoms with Crippen LogP contribution in [-0.2, 0) is 0 Å². The summed E-state index contributed by atoms with van der Waals surface area (Å²) in [6.45, 7) is 0. The lowest BCUT2D eigenvalue weighted by Gasteiger charge is -2.11. The standard InChI is InChI=1S/C13H7F3INO3/c14-13(15,16)11(19)8-6-7(17)3-4-9(8)18-12(20)10-2-1-5-21-10/h1-6H,(H,18,20).